The molecule has 3 N–H and O–H groups in total. The minimum Gasteiger partial charge on any atom is -0.394 e. The second-order valence-corrected chi connectivity index (χ2v) is 8.53. The zero-order chi connectivity index (χ0) is 19.2. The van der Waals surface area contributed by atoms with E-state index in [9.17, 15) is 22.7 Å². The number of rotatable bonds is 9. The van der Waals surface area contributed by atoms with Crippen molar-refractivity contribution in [1.82, 2.24) is 10.0 Å². The summed E-state index contributed by atoms with van der Waals surface area (Å²) in [5.74, 6) is -1.09. The normalized spacial score (nSPS) is 14.6. The molecule has 0 aliphatic heterocycles. The van der Waals surface area contributed by atoms with Gasteiger partial charge in [-0.25, -0.2) is 12.8 Å². The maximum atomic E-state index is 13.0. The number of amides is 1. The summed E-state index contributed by atoms with van der Waals surface area (Å²) in [7, 11) is -3.97. The minimum atomic E-state index is -3.97. The molecular formula is C17H27FN2O4S. The number of sulfonamides is 1. The van der Waals surface area contributed by atoms with Gasteiger partial charge in [0.2, 0.25) is 15.9 Å². The van der Waals surface area contributed by atoms with Crippen LogP contribution in [0.15, 0.2) is 29.2 Å². The third-order valence-electron chi connectivity index (χ3n) is 3.68. The molecule has 1 aromatic carbocycles. The van der Waals surface area contributed by atoms with Crippen molar-refractivity contribution >= 4 is 15.9 Å². The molecule has 25 heavy (non-hydrogen) atoms. The van der Waals surface area contributed by atoms with Crippen molar-refractivity contribution in [3.63, 3.8) is 0 Å². The third kappa shape index (κ3) is 6.72. The summed E-state index contributed by atoms with van der Waals surface area (Å²) < 4.78 is 40.2. The van der Waals surface area contributed by atoms with E-state index in [4.69, 9.17) is 0 Å². The summed E-state index contributed by atoms with van der Waals surface area (Å²) in [4.78, 5) is 12.4. The van der Waals surface area contributed by atoms with E-state index in [1.165, 1.54) is 0 Å². The Kier molecular flexibility index (Phi) is 7.98. The van der Waals surface area contributed by atoms with Crippen LogP contribution in [0, 0.1) is 17.7 Å². The molecule has 0 heterocycles. The first kappa shape index (κ1) is 21.5. The van der Waals surface area contributed by atoms with Crippen molar-refractivity contribution in [2.75, 3.05) is 6.61 Å². The molecule has 0 saturated carbocycles. The summed E-state index contributed by atoms with van der Waals surface area (Å²) in [5.41, 5.74) is 0. The number of aliphatic hydroxyl groups excluding tert-OH is 1. The summed E-state index contributed by atoms with van der Waals surface area (Å²) in [5, 5.41) is 12.1. The summed E-state index contributed by atoms with van der Waals surface area (Å²) in [6.07, 6.45) is 0.581. The van der Waals surface area contributed by atoms with Gasteiger partial charge in [0, 0.05) is 0 Å². The van der Waals surface area contributed by atoms with E-state index in [-0.39, 0.29) is 23.3 Å². The number of carbonyl (C=O) groups is 1. The quantitative estimate of drug-likeness (QED) is 0.612. The van der Waals surface area contributed by atoms with Gasteiger partial charge in [0.25, 0.3) is 0 Å². The van der Waals surface area contributed by atoms with Crippen molar-refractivity contribution in [2.45, 2.75) is 51.1 Å². The first-order valence-electron chi connectivity index (χ1n) is 8.26. The lowest BCUT2D eigenvalue weighted by molar-refractivity contribution is -0.124. The molecular weight excluding hydrogens is 347 g/mol. The van der Waals surface area contributed by atoms with E-state index < -0.39 is 33.8 Å². The average molecular weight is 374 g/mol. The van der Waals surface area contributed by atoms with E-state index in [2.05, 4.69) is 10.0 Å². The Morgan fingerprint density at radius 3 is 2.16 bits per heavy atom. The fourth-order valence-electron chi connectivity index (χ4n) is 2.38. The lowest BCUT2D eigenvalue weighted by Crippen LogP contribution is -2.52. The number of hydrogen-bond donors (Lipinski definition) is 3. The maximum Gasteiger partial charge on any atom is 0.241 e. The first-order valence-corrected chi connectivity index (χ1v) is 9.74. The van der Waals surface area contributed by atoms with Crippen molar-refractivity contribution < 1.29 is 22.7 Å². The molecule has 0 spiro atoms. The largest absolute Gasteiger partial charge is 0.394 e. The summed E-state index contributed by atoms with van der Waals surface area (Å²) >= 11 is 0. The molecule has 6 nitrogen and oxygen atoms in total. The Labute approximate surface area is 148 Å². The molecule has 0 fully saturated rings. The number of nitrogens with one attached hydrogen (secondary N) is 2. The molecule has 1 rings (SSSR count). The van der Waals surface area contributed by atoms with Crippen LogP contribution in [0.25, 0.3) is 0 Å². The van der Waals surface area contributed by atoms with Gasteiger partial charge in [0.05, 0.1) is 17.5 Å². The lowest BCUT2D eigenvalue weighted by Gasteiger charge is -2.25. The van der Waals surface area contributed by atoms with Crippen molar-refractivity contribution in [3.8, 4) is 0 Å². The zero-order valence-electron chi connectivity index (χ0n) is 15.0. The molecule has 0 saturated heterocycles. The number of hydrogen-bond acceptors (Lipinski definition) is 4. The molecule has 0 aliphatic rings. The summed E-state index contributed by atoms with van der Waals surface area (Å²) in [6, 6.07) is 2.93. The van der Waals surface area contributed by atoms with E-state index in [0.717, 1.165) is 24.3 Å². The van der Waals surface area contributed by atoms with Crippen molar-refractivity contribution in [2.24, 2.45) is 11.8 Å². The molecule has 0 unspecified atom stereocenters. The SMILES string of the molecule is CC(C)C[C@H](CO)NC(=O)[C@H](NS(=O)(=O)c1ccc(F)cc1)C(C)C. The molecule has 2 atom stereocenters. The highest BCUT2D eigenvalue weighted by Gasteiger charge is 2.29. The standard InChI is InChI=1S/C17H27FN2O4S/c1-11(2)9-14(10-21)19-17(22)16(12(3)4)20-25(23,24)15-7-5-13(18)6-8-15/h5-8,11-12,14,16,20-21H,9-10H2,1-4H3,(H,19,22)/t14-,16-/m1/s1. The van der Waals surface area contributed by atoms with Crippen LogP contribution in [0.4, 0.5) is 4.39 Å². The van der Waals surface area contributed by atoms with Gasteiger partial charge in [0.1, 0.15) is 11.9 Å². The minimum absolute atomic E-state index is 0.117. The number of benzene rings is 1. The Hall–Kier alpha value is -1.51. The number of carbonyl (C=O) groups excluding carboxylic acids is 1. The van der Waals surface area contributed by atoms with Gasteiger partial charge >= 0.3 is 0 Å². The second kappa shape index (κ2) is 9.26. The highest BCUT2D eigenvalue weighted by atomic mass is 32.2. The fraction of sp³-hybridized carbons (Fsp3) is 0.588. The van der Waals surface area contributed by atoms with Crippen molar-refractivity contribution in [1.29, 1.82) is 0 Å². The molecule has 0 radical (unpaired) electrons. The van der Waals surface area contributed by atoms with Crippen LogP contribution in [0.1, 0.15) is 34.1 Å². The topological polar surface area (TPSA) is 95.5 Å². The highest BCUT2D eigenvalue weighted by Crippen LogP contribution is 2.13. The highest BCUT2D eigenvalue weighted by molar-refractivity contribution is 7.89. The van der Waals surface area contributed by atoms with E-state index in [1.54, 1.807) is 13.8 Å². The Morgan fingerprint density at radius 1 is 1.16 bits per heavy atom. The third-order valence-corrected chi connectivity index (χ3v) is 5.13. The Balaban J connectivity index is 2.92. The molecule has 0 aromatic heterocycles. The summed E-state index contributed by atoms with van der Waals surface area (Å²) in [6.45, 7) is 7.14. The smallest absolute Gasteiger partial charge is 0.241 e. The molecule has 142 valence electrons. The Morgan fingerprint density at radius 2 is 1.72 bits per heavy atom. The number of halogens is 1. The average Bonchev–Trinajstić information content (AvgIpc) is 2.51. The van der Waals surface area contributed by atoms with Gasteiger partial charge in [-0.1, -0.05) is 27.7 Å². The maximum absolute atomic E-state index is 13.0. The van der Waals surface area contributed by atoms with Gasteiger partial charge in [-0.15, -0.1) is 0 Å². The second-order valence-electron chi connectivity index (χ2n) is 6.81. The van der Waals surface area contributed by atoms with Gasteiger partial charge in [-0.3, -0.25) is 4.79 Å². The lowest BCUT2D eigenvalue weighted by atomic mass is 10.0. The van der Waals surface area contributed by atoms with Gasteiger partial charge in [-0.2, -0.15) is 4.72 Å². The van der Waals surface area contributed by atoms with Gasteiger partial charge in [-0.05, 0) is 42.5 Å². The molecule has 1 aromatic rings. The molecule has 1 amide bonds. The van der Waals surface area contributed by atoms with Crippen LogP contribution < -0.4 is 10.0 Å². The van der Waals surface area contributed by atoms with Crippen LogP contribution in [0.2, 0.25) is 0 Å². The zero-order valence-corrected chi connectivity index (χ0v) is 15.8. The van der Waals surface area contributed by atoms with Crippen molar-refractivity contribution in [3.05, 3.63) is 30.1 Å². The van der Waals surface area contributed by atoms with E-state index in [0.29, 0.717) is 6.42 Å². The molecule has 8 heteroatoms. The van der Waals surface area contributed by atoms with Gasteiger partial charge in [0.15, 0.2) is 0 Å². The number of aliphatic hydroxyl groups is 1. The van der Waals surface area contributed by atoms with Crippen LogP contribution >= 0.6 is 0 Å². The van der Waals surface area contributed by atoms with Crippen LogP contribution in [0.5, 0.6) is 0 Å². The Bertz CT molecular complexity index is 660. The molecule has 0 aliphatic carbocycles. The van der Waals surface area contributed by atoms with Crippen LogP contribution in [0.3, 0.4) is 0 Å². The van der Waals surface area contributed by atoms with Crippen LogP contribution in [-0.2, 0) is 14.8 Å². The van der Waals surface area contributed by atoms with E-state index >= 15 is 0 Å². The monoisotopic (exact) mass is 374 g/mol. The molecule has 0 bridgehead atoms. The van der Waals surface area contributed by atoms with Crippen LogP contribution in [-0.4, -0.2) is 38.1 Å². The predicted molar refractivity (Wildman–Crippen MR) is 93.8 cm³/mol. The first-order chi connectivity index (χ1) is 11.6. The fourth-order valence-corrected chi connectivity index (χ4v) is 3.72. The predicted octanol–water partition coefficient (Wildman–Crippen LogP) is 1.65. The van der Waals surface area contributed by atoms with E-state index in [1.807, 2.05) is 13.8 Å². The van der Waals surface area contributed by atoms with Gasteiger partial charge < -0.3 is 10.4 Å².